The molecule has 0 spiro atoms. The molecule has 2 N–H and O–H groups in total. The van der Waals surface area contributed by atoms with Gasteiger partial charge in [0.15, 0.2) is 0 Å². The van der Waals surface area contributed by atoms with Crippen LogP contribution in [0.2, 0.25) is 5.02 Å². The summed E-state index contributed by atoms with van der Waals surface area (Å²) in [5, 5.41) is 10.8. The molecule has 4 rings (SSSR count). The normalized spacial score (nSPS) is 10.9. The Bertz CT molecular complexity index is 1150. The van der Waals surface area contributed by atoms with Crippen LogP contribution in [0.5, 0.6) is 5.75 Å². The van der Waals surface area contributed by atoms with E-state index in [9.17, 15) is 4.79 Å². The van der Waals surface area contributed by atoms with E-state index in [4.69, 9.17) is 21.4 Å². The topological polar surface area (TPSA) is 62.3 Å². The van der Waals surface area contributed by atoms with Gasteiger partial charge < -0.3 is 14.8 Å². The zero-order valence-electron chi connectivity index (χ0n) is 15.7. The molecule has 0 aliphatic rings. The second kappa shape index (κ2) is 8.41. The van der Waals surface area contributed by atoms with E-state index in [1.54, 1.807) is 0 Å². The summed E-state index contributed by atoms with van der Waals surface area (Å²) in [5.41, 5.74) is 5.04. The number of hydrogen-bond acceptors (Lipinski definition) is 2. The van der Waals surface area contributed by atoms with Crippen LogP contribution in [0, 0.1) is 0 Å². The fraction of sp³-hybridized carbons (Fsp3) is 0.125. The van der Waals surface area contributed by atoms with Crippen molar-refractivity contribution in [1.29, 1.82) is 0 Å². The summed E-state index contributed by atoms with van der Waals surface area (Å²) in [4.78, 5) is 14.2. The number of carbonyl (C=O) groups is 1. The highest BCUT2D eigenvalue weighted by molar-refractivity contribution is 6.30. The molecule has 29 heavy (non-hydrogen) atoms. The minimum Gasteiger partial charge on any atom is -0.488 e. The van der Waals surface area contributed by atoms with Crippen LogP contribution < -0.4 is 4.74 Å². The van der Waals surface area contributed by atoms with E-state index in [0.29, 0.717) is 18.1 Å². The molecular weight excluding hydrogens is 386 g/mol. The Morgan fingerprint density at radius 2 is 1.76 bits per heavy atom. The molecule has 4 nitrogen and oxygen atoms in total. The summed E-state index contributed by atoms with van der Waals surface area (Å²) in [6, 6.07) is 21.7. The third kappa shape index (κ3) is 4.61. The number of carboxylic acids is 1. The summed E-state index contributed by atoms with van der Waals surface area (Å²) in [6.45, 7) is 0.422. The summed E-state index contributed by atoms with van der Waals surface area (Å²) >= 11 is 5.96. The maximum atomic E-state index is 11.0. The second-order valence-electron chi connectivity index (χ2n) is 6.92. The first-order valence-corrected chi connectivity index (χ1v) is 9.76. The van der Waals surface area contributed by atoms with E-state index in [1.807, 2.05) is 66.9 Å². The lowest BCUT2D eigenvalue weighted by atomic mass is 9.99. The molecule has 0 bridgehead atoms. The van der Waals surface area contributed by atoms with E-state index in [1.165, 1.54) is 0 Å². The molecule has 0 aliphatic carbocycles. The molecule has 1 aromatic heterocycles. The molecule has 0 amide bonds. The molecule has 0 unspecified atom stereocenters. The van der Waals surface area contributed by atoms with Gasteiger partial charge in [-0.15, -0.1) is 0 Å². The van der Waals surface area contributed by atoms with Crippen LogP contribution >= 0.6 is 11.6 Å². The van der Waals surface area contributed by atoms with Crippen LogP contribution in [0.1, 0.15) is 17.5 Å². The zero-order chi connectivity index (χ0) is 20.2. The number of aliphatic carboxylic acids is 1. The lowest BCUT2D eigenvalue weighted by molar-refractivity contribution is -0.136. The molecule has 146 valence electrons. The van der Waals surface area contributed by atoms with Gasteiger partial charge >= 0.3 is 5.97 Å². The van der Waals surface area contributed by atoms with Gasteiger partial charge in [-0.3, -0.25) is 4.79 Å². The highest BCUT2D eigenvalue weighted by atomic mass is 35.5. The number of carboxylic acid groups (broad SMARTS) is 1. The largest absolute Gasteiger partial charge is 0.488 e. The van der Waals surface area contributed by atoms with Crippen LogP contribution in [0.4, 0.5) is 0 Å². The quantitative estimate of drug-likeness (QED) is 0.391. The van der Waals surface area contributed by atoms with Crippen LogP contribution in [-0.4, -0.2) is 16.1 Å². The Balaban J connectivity index is 1.66. The maximum absolute atomic E-state index is 11.0. The van der Waals surface area contributed by atoms with Crippen molar-refractivity contribution >= 4 is 28.5 Å². The summed E-state index contributed by atoms with van der Waals surface area (Å²) in [7, 11) is 0. The fourth-order valence-electron chi connectivity index (χ4n) is 3.30. The van der Waals surface area contributed by atoms with Gasteiger partial charge in [0.1, 0.15) is 12.4 Å². The van der Waals surface area contributed by atoms with Gasteiger partial charge in [-0.25, -0.2) is 0 Å². The molecule has 0 saturated carbocycles. The van der Waals surface area contributed by atoms with Crippen LogP contribution in [-0.2, 0) is 17.8 Å². The first-order chi connectivity index (χ1) is 14.1. The number of H-pyrrole nitrogens is 1. The summed E-state index contributed by atoms with van der Waals surface area (Å²) in [6.07, 6.45) is 2.49. The Labute approximate surface area is 173 Å². The molecule has 1 heterocycles. The Morgan fingerprint density at radius 1 is 0.966 bits per heavy atom. The third-order valence-electron chi connectivity index (χ3n) is 4.84. The van der Waals surface area contributed by atoms with Crippen LogP contribution in [0.25, 0.3) is 22.0 Å². The lowest BCUT2D eigenvalue weighted by Gasteiger charge is -2.14. The molecule has 0 aliphatic heterocycles. The predicted molar refractivity (Wildman–Crippen MR) is 115 cm³/mol. The first-order valence-electron chi connectivity index (χ1n) is 9.38. The minimum absolute atomic E-state index is 0.0985. The molecule has 0 radical (unpaired) electrons. The van der Waals surface area contributed by atoms with Crippen molar-refractivity contribution in [2.45, 2.75) is 19.4 Å². The Morgan fingerprint density at radius 3 is 2.55 bits per heavy atom. The number of benzene rings is 3. The number of hydrogen-bond donors (Lipinski definition) is 2. The van der Waals surface area contributed by atoms with Crippen molar-refractivity contribution < 1.29 is 14.6 Å². The molecule has 0 atom stereocenters. The van der Waals surface area contributed by atoms with Gasteiger partial charge in [-0.05, 0) is 71.0 Å². The predicted octanol–water partition coefficient (Wildman–Crippen LogP) is 6.08. The van der Waals surface area contributed by atoms with Crippen molar-refractivity contribution in [1.82, 2.24) is 4.98 Å². The third-order valence-corrected chi connectivity index (χ3v) is 5.10. The summed E-state index contributed by atoms with van der Waals surface area (Å²) < 4.78 is 6.12. The van der Waals surface area contributed by atoms with E-state index < -0.39 is 5.97 Å². The van der Waals surface area contributed by atoms with Crippen LogP contribution in [0.15, 0.2) is 72.9 Å². The number of aromatic amines is 1. The first kappa shape index (κ1) is 19.1. The van der Waals surface area contributed by atoms with Gasteiger partial charge in [-0.2, -0.15) is 0 Å². The zero-order valence-corrected chi connectivity index (χ0v) is 16.4. The van der Waals surface area contributed by atoms with E-state index >= 15 is 0 Å². The number of aromatic nitrogens is 1. The number of rotatable bonds is 7. The minimum atomic E-state index is -0.802. The lowest BCUT2D eigenvalue weighted by Crippen LogP contribution is -2.00. The smallest absolute Gasteiger partial charge is 0.303 e. The summed E-state index contributed by atoms with van der Waals surface area (Å²) in [5.74, 6) is -0.0442. The van der Waals surface area contributed by atoms with Gasteiger partial charge in [0.05, 0.1) is 0 Å². The Kier molecular flexibility index (Phi) is 5.54. The number of fused-ring (bicyclic) bond motifs is 1. The highest BCUT2D eigenvalue weighted by Crippen LogP contribution is 2.34. The number of halogens is 1. The molecule has 4 aromatic rings. The van der Waals surface area contributed by atoms with Crippen molar-refractivity contribution in [3.63, 3.8) is 0 Å². The van der Waals surface area contributed by atoms with Gasteiger partial charge in [0.25, 0.3) is 0 Å². The van der Waals surface area contributed by atoms with Gasteiger partial charge in [-0.1, -0.05) is 35.9 Å². The molecule has 3 aromatic carbocycles. The average molecular weight is 406 g/mol. The van der Waals surface area contributed by atoms with E-state index in [2.05, 4.69) is 11.1 Å². The number of aryl methyl sites for hydroxylation is 1. The van der Waals surface area contributed by atoms with Crippen molar-refractivity contribution in [3.05, 3.63) is 89.1 Å². The standard InChI is InChI=1S/C24H20ClNO3/c25-20-6-1-17(2-7-20)15-29-23-9-3-16(4-10-24(27)28)13-21(23)18-5-8-22-19(14-18)11-12-26-22/h1-3,5-9,11-14,26H,4,10,15H2,(H,27,28). The van der Waals surface area contributed by atoms with Crippen molar-refractivity contribution in [3.8, 4) is 16.9 Å². The fourth-order valence-corrected chi connectivity index (χ4v) is 3.42. The maximum Gasteiger partial charge on any atom is 0.303 e. The average Bonchev–Trinajstić information content (AvgIpc) is 3.20. The molecule has 0 fully saturated rings. The van der Waals surface area contributed by atoms with Crippen LogP contribution in [0.3, 0.4) is 0 Å². The van der Waals surface area contributed by atoms with Gasteiger partial charge in [0, 0.05) is 28.7 Å². The second-order valence-corrected chi connectivity index (χ2v) is 7.36. The molecule has 5 heteroatoms. The SMILES string of the molecule is O=C(O)CCc1ccc(OCc2ccc(Cl)cc2)c(-c2ccc3[nH]ccc3c2)c1. The number of nitrogens with one attached hydrogen (secondary N) is 1. The molecular formula is C24H20ClNO3. The molecule has 0 saturated heterocycles. The van der Waals surface area contributed by atoms with Gasteiger partial charge in [0.2, 0.25) is 0 Å². The number of ether oxygens (including phenoxy) is 1. The van der Waals surface area contributed by atoms with E-state index in [0.717, 1.165) is 38.9 Å². The van der Waals surface area contributed by atoms with Crippen molar-refractivity contribution in [2.75, 3.05) is 0 Å². The highest BCUT2D eigenvalue weighted by Gasteiger charge is 2.11. The van der Waals surface area contributed by atoms with Crippen molar-refractivity contribution in [2.24, 2.45) is 0 Å². The monoisotopic (exact) mass is 405 g/mol. The Hall–Kier alpha value is -3.24. The van der Waals surface area contributed by atoms with E-state index in [-0.39, 0.29) is 6.42 Å².